The summed E-state index contributed by atoms with van der Waals surface area (Å²) < 4.78 is 0. The first kappa shape index (κ1) is 13.5. The van der Waals surface area contributed by atoms with E-state index in [0.717, 1.165) is 23.1 Å². The van der Waals surface area contributed by atoms with Crippen molar-refractivity contribution in [2.24, 2.45) is 0 Å². The maximum atomic E-state index is 11.9. The molecule has 0 aliphatic carbocycles. The number of thiazole rings is 1. The second-order valence-electron chi connectivity index (χ2n) is 4.00. The van der Waals surface area contributed by atoms with Gasteiger partial charge in [0.25, 0.3) is 5.91 Å². The predicted octanol–water partition coefficient (Wildman–Crippen LogP) is 2.21. The van der Waals surface area contributed by atoms with E-state index in [1.165, 1.54) is 0 Å². The first-order chi connectivity index (χ1) is 9.19. The first-order valence-corrected chi connectivity index (χ1v) is 6.96. The van der Waals surface area contributed by atoms with Gasteiger partial charge in [-0.15, -0.1) is 11.3 Å². The van der Waals surface area contributed by atoms with Crippen LogP contribution >= 0.6 is 11.3 Å². The molecule has 19 heavy (non-hydrogen) atoms. The number of pyridine rings is 1. The number of nitrogens with one attached hydrogen (secondary N) is 2. The third kappa shape index (κ3) is 3.75. The maximum absolute atomic E-state index is 11.9. The Bertz CT molecular complexity index is 550. The molecule has 2 aromatic heterocycles. The molecular formula is C13H16N4OS. The summed E-state index contributed by atoms with van der Waals surface area (Å²) in [4.78, 5) is 20.4. The third-order valence-electron chi connectivity index (χ3n) is 2.48. The highest BCUT2D eigenvalue weighted by Crippen LogP contribution is 2.08. The average molecular weight is 276 g/mol. The molecule has 0 aliphatic rings. The Morgan fingerprint density at radius 1 is 1.42 bits per heavy atom. The van der Waals surface area contributed by atoms with Crippen molar-refractivity contribution < 1.29 is 4.79 Å². The number of hydrogen-bond donors (Lipinski definition) is 2. The van der Waals surface area contributed by atoms with Gasteiger partial charge in [0.05, 0.1) is 22.8 Å². The zero-order chi connectivity index (χ0) is 13.7. The lowest BCUT2D eigenvalue weighted by atomic mass is 10.2. The topological polar surface area (TPSA) is 66.9 Å². The van der Waals surface area contributed by atoms with Gasteiger partial charge in [-0.25, -0.2) is 9.97 Å². The van der Waals surface area contributed by atoms with E-state index >= 15 is 0 Å². The lowest BCUT2D eigenvalue weighted by Gasteiger charge is -2.05. The number of carbonyl (C=O) groups is 1. The Labute approximate surface area is 116 Å². The summed E-state index contributed by atoms with van der Waals surface area (Å²) in [6.07, 6.45) is 1.57. The third-order valence-corrected chi connectivity index (χ3v) is 3.30. The average Bonchev–Trinajstić information content (AvgIpc) is 2.83. The molecule has 0 atom stereocenters. The molecule has 0 spiro atoms. The van der Waals surface area contributed by atoms with Gasteiger partial charge in [-0.05, 0) is 26.0 Å². The molecule has 0 fully saturated rings. The fraction of sp³-hybridized carbons (Fsp3) is 0.308. The van der Waals surface area contributed by atoms with Crippen LogP contribution in [-0.2, 0) is 6.54 Å². The summed E-state index contributed by atoms with van der Waals surface area (Å²) in [7, 11) is 0. The molecule has 0 saturated heterocycles. The Morgan fingerprint density at radius 2 is 2.26 bits per heavy atom. The minimum Gasteiger partial charge on any atom is -0.370 e. The Morgan fingerprint density at radius 3 is 2.84 bits per heavy atom. The van der Waals surface area contributed by atoms with Crippen LogP contribution in [-0.4, -0.2) is 22.4 Å². The summed E-state index contributed by atoms with van der Waals surface area (Å²) in [5.74, 6) is 0.635. The van der Waals surface area contributed by atoms with Gasteiger partial charge in [-0.1, -0.05) is 0 Å². The van der Waals surface area contributed by atoms with Crippen molar-refractivity contribution in [3.8, 4) is 0 Å². The molecule has 2 N–H and O–H groups in total. The van der Waals surface area contributed by atoms with Gasteiger partial charge >= 0.3 is 0 Å². The smallest absolute Gasteiger partial charge is 0.253 e. The van der Waals surface area contributed by atoms with Gasteiger partial charge in [0.1, 0.15) is 5.82 Å². The fourth-order valence-electron chi connectivity index (χ4n) is 1.58. The van der Waals surface area contributed by atoms with Crippen LogP contribution in [0.3, 0.4) is 0 Å². The van der Waals surface area contributed by atoms with Crippen molar-refractivity contribution in [1.29, 1.82) is 0 Å². The normalized spacial score (nSPS) is 10.2. The van der Waals surface area contributed by atoms with Crippen molar-refractivity contribution >= 4 is 23.1 Å². The summed E-state index contributed by atoms with van der Waals surface area (Å²) >= 11 is 1.58. The summed E-state index contributed by atoms with van der Waals surface area (Å²) in [6, 6.07) is 3.55. The van der Waals surface area contributed by atoms with Crippen molar-refractivity contribution in [2.75, 3.05) is 11.9 Å². The van der Waals surface area contributed by atoms with Crippen molar-refractivity contribution in [3.05, 3.63) is 40.0 Å². The van der Waals surface area contributed by atoms with E-state index in [-0.39, 0.29) is 5.91 Å². The van der Waals surface area contributed by atoms with E-state index in [1.54, 1.807) is 29.7 Å². The molecule has 0 unspecified atom stereocenters. The van der Waals surface area contributed by atoms with Crippen LogP contribution in [0, 0.1) is 6.92 Å². The number of rotatable bonds is 5. The van der Waals surface area contributed by atoms with Crippen molar-refractivity contribution in [1.82, 2.24) is 15.3 Å². The van der Waals surface area contributed by atoms with Crippen LogP contribution in [0.5, 0.6) is 0 Å². The van der Waals surface area contributed by atoms with Crippen LogP contribution < -0.4 is 10.6 Å². The van der Waals surface area contributed by atoms with Gasteiger partial charge < -0.3 is 10.6 Å². The largest absolute Gasteiger partial charge is 0.370 e. The standard InChI is InChI=1S/C13H16N4OS/c1-3-14-12-5-4-10(6-15-12)13(18)16-7-11-8-19-9(2)17-11/h4-6,8H,3,7H2,1-2H3,(H,14,15)(H,16,18). The number of anilines is 1. The quantitative estimate of drug-likeness (QED) is 0.878. The van der Waals surface area contributed by atoms with Crippen molar-refractivity contribution in [3.63, 3.8) is 0 Å². The second-order valence-corrected chi connectivity index (χ2v) is 5.07. The molecule has 2 aromatic rings. The molecule has 0 saturated carbocycles. The Kier molecular flexibility index (Phi) is 4.46. The van der Waals surface area contributed by atoms with E-state index in [9.17, 15) is 4.79 Å². The number of aromatic nitrogens is 2. The van der Waals surface area contributed by atoms with E-state index in [2.05, 4.69) is 20.6 Å². The monoisotopic (exact) mass is 276 g/mol. The fourth-order valence-corrected chi connectivity index (χ4v) is 2.19. The molecule has 0 radical (unpaired) electrons. The molecule has 5 nitrogen and oxygen atoms in total. The summed E-state index contributed by atoms with van der Waals surface area (Å²) in [6.45, 7) is 5.19. The van der Waals surface area contributed by atoms with E-state index in [4.69, 9.17) is 0 Å². The molecule has 0 bridgehead atoms. The zero-order valence-electron chi connectivity index (χ0n) is 10.9. The van der Waals surface area contributed by atoms with Crippen LogP contribution in [0.2, 0.25) is 0 Å². The van der Waals surface area contributed by atoms with Gasteiger partial charge in [0.2, 0.25) is 0 Å². The highest BCUT2D eigenvalue weighted by atomic mass is 32.1. The van der Waals surface area contributed by atoms with Gasteiger partial charge in [-0.3, -0.25) is 4.79 Å². The molecule has 0 aliphatic heterocycles. The van der Waals surface area contributed by atoms with Gasteiger partial charge in [0.15, 0.2) is 0 Å². The predicted molar refractivity (Wildman–Crippen MR) is 76.4 cm³/mol. The van der Waals surface area contributed by atoms with Crippen LogP contribution in [0.4, 0.5) is 5.82 Å². The highest BCUT2D eigenvalue weighted by Gasteiger charge is 2.06. The summed E-state index contributed by atoms with van der Waals surface area (Å²) in [5.41, 5.74) is 1.43. The van der Waals surface area contributed by atoms with Crippen molar-refractivity contribution in [2.45, 2.75) is 20.4 Å². The Hall–Kier alpha value is -1.95. The lowest BCUT2D eigenvalue weighted by molar-refractivity contribution is 0.0950. The second kappa shape index (κ2) is 6.29. The number of carbonyl (C=O) groups excluding carboxylic acids is 1. The Balaban J connectivity index is 1.92. The van der Waals surface area contributed by atoms with E-state index in [1.807, 2.05) is 19.2 Å². The number of hydrogen-bond acceptors (Lipinski definition) is 5. The van der Waals surface area contributed by atoms with E-state index in [0.29, 0.717) is 12.1 Å². The van der Waals surface area contributed by atoms with Gasteiger partial charge in [-0.2, -0.15) is 0 Å². The molecule has 0 aromatic carbocycles. The molecular weight excluding hydrogens is 260 g/mol. The molecule has 1 amide bonds. The number of nitrogens with zero attached hydrogens (tertiary/aromatic N) is 2. The zero-order valence-corrected chi connectivity index (χ0v) is 11.8. The molecule has 2 heterocycles. The van der Waals surface area contributed by atoms with Crippen LogP contribution in [0.15, 0.2) is 23.7 Å². The van der Waals surface area contributed by atoms with Gasteiger partial charge in [0, 0.05) is 18.1 Å². The molecule has 100 valence electrons. The lowest BCUT2D eigenvalue weighted by Crippen LogP contribution is -2.23. The number of amides is 1. The number of aryl methyl sites for hydroxylation is 1. The first-order valence-electron chi connectivity index (χ1n) is 6.08. The van der Waals surface area contributed by atoms with E-state index < -0.39 is 0 Å². The summed E-state index contributed by atoms with van der Waals surface area (Å²) in [5, 5.41) is 8.86. The minimum absolute atomic E-state index is 0.138. The highest BCUT2D eigenvalue weighted by molar-refractivity contribution is 7.09. The minimum atomic E-state index is -0.138. The maximum Gasteiger partial charge on any atom is 0.253 e. The SMILES string of the molecule is CCNc1ccc(C(=O)NCc2csc(C)n2)cn1. The van der Waals surface area contributed by atoms with Crippen LogP contribution in [0.25, 0.3) is 0 Å². The molecule has 2 rings (SSSR count). The van der Waals surface area contributed by atoms with Crippen LogP contribution in [0.1, 0.15) is 28.0 Å². The molecule has 6 heteroatoms.